The number of halogens is 1. The maximum Gasteiger partial charge on any atom is 0.254 e. The number of hydrogen-bond acceptors (Lipinski definition) is 3. The smallest absolute Gasteiger partial charge is 0.254 e. The van der Waals surface area contributed by atoms with Crippen LogP contribution in [0.15, 0.2) is 23.1 Å². The summed E-state index contributed by atoms with van der Waals surface area (Å²) in [6.45, 7) is 3.69. The lowest BCUT2D eigenvalue weighted by Gasteiger charge is -2.22. The predicted octanol–water partition coefficient (Wildman–Crippen LogP) is 2.80. The Morgan fingerprint density at radius 2 is 1.96 bits per heavy atom. The molecule has 0 saturated carbocycles. The SMILES string of the molecule is CC1CCCN(C(=O)c2cc(S(=O)(=O)N(C)C)ccc2I)CC1. The molecule has 0 aromatic heterocycles. The molecule has 1 aliphatic rings. The summed E-state index contributed by atoms with van der Waals surface area (Å²) in [5, 5.41) is 0. The minimum atomic E-state index is -3.54. The molecule has 0 spiro atoms. The summed E-state index contributed by atoms with van der Waals surface area (Å²) in [6, 6.07) is 4.76. The molecular weight excluding hydrogens is 427 g/mol. The summed E-state index contributed by atoms with van der Waals surface area (Å²) in [5.74, 6) is 0.562. The Bertz CT molecular complexity index is 689. The van der Waals surface area contributed by atoms with E-state index < -0.39 is 10.0 Å². The van der Waals surface area contributed by atoms with Gasteiger partial charge in [0.2, 0.25) is 10.0 Å². The number of rotatable bonds is 3. The maximum atomic E-state index is 12.8. The zero-order valence-electron chi connectivity index (χ0n) is 13.8. The van der Waals surface area contributed by atoms with Gasteiger partial charge < -0.3 is 4.90 Å². The summed E-state index contributed by atoms with van der Waals surface area (Å²) < 4.78 is 26.5. The van der Waals surface area contributed by atoms with Crippen LogP contribution in [-0.4, -0.2) is 50.7 Å². The molecule has 1 aliphatic heterocycles. The van der Waals surface area contributed by atoms with Gasteiger partial charge in [-0.05, 0) is 66.0 Å². The molecule has 1 amide bonds. The van der Waals surface area contributed by atoms with Crippen LogP contribution >= 0.6 is 22.6 Å². The van der Waals surface area contributed by atoms with E-state index in [9.17, 15) is 13.2 Å². The molecule has 1 atom stereocenters. The topological polar surface area (TPSA) is 57.7 Å². The summed E-state index contributed by atoms with van der Waals surface area (Å²) in [7, 11) is -0.555. The van der Waals surface area contributed by atoms with Gasteiger partial charge in [0.05, 0.1) is 10.5 Å². The van der Waals surface area contributed by atoms with Crippen molar-refractivity contribution in [1.29, 1.82) is 0 Å². The Morgan fingerprint density at radius 3 is 2.61 bits per heavy atom. The summed E-state index contributed by atoms with van der Waals surface area (Å²) >= 11 is 2.09. The Labute approximate surface area is 152 Å². The molecular formula is C16H23IN2O3S. The van der Waals surface area contributed by atoms with E-state index in [-0.39, 0.29) is 10.8 Å². The zero-order chi connectivity index (χ0) is 17.2. The third kappa shape index (κ3) is 4.24. The third-order valence-electron chi connectivity index (χ3n) is 4.25. The average Bonchev–Trinajstić information content (AvgIpc) is 2.71. The molecule has 0 aliphatic carbocycles. The molecule has 5 nitrogen and oxygen atoms in total. The number of amides is 1. The minimum absolute atomic E-state index is 0.0701. The third-order valence-corrected chi connectivity index (χ3v) is 7.00. The van der Waals surface area contributed by atoms with Gasteiger partial charge in [0.1, 0.15) is 0 Å². The first-order valence-electron chi connectivity index (χ1n) is 7.75. The summed E-state index contributed by atoms with van der Waals surface area (Å²) in [5.41, 5.74) is 0.475. The van der Waals surface area contributed by atoms with Gasteiger partial charge in [-0.15, -0.1) is 0 Å². The first kappa shape index (κ1) is 18.7. The number of hydrogen-bond donors (Lipinski definition) is 0. The highest BCUT2D eigenvalue weighted by atomic mass is 127. The molecule has 23 heavy (non-hydrogen) atoms. The number of carbonyl (C=O) groups excluding carboxylic acids is 1. The number of nitrogens with zero attached hydrogens (tertiary/aromatic N) is 2. The van der Waals surface area contributed by atoms with E-state index in [1.54, 1.807) is 12.1 Å². The van der Waals surface area contributed by atoms with E-state index in [1.165, 1.54) is 20.2 Å². The van der Waals surface area contributed by atoms with Crippen LogP contribution < -0.4 is 0 Å². The predicted molar refractivity (Wildman–Crippen MR) is 99.0 cm³/mol. The van der Waals surface area contributed by atoms with Crippen LogP contribution in [0.1, 0.15) is 36.5 Å². The first-order chi connectivity index (χ1) is 10.7. The van der Waals surface area contributed by atoms with Crippen LogP contribution in [0.2, 0.25) is 0 Å². The van der Waals surface area contributed by atoms with Crippen molar-refractivity contribution in [1.82, 2.24) is 9.21 Å². The molecule has 1 aromatic carbocycles. The van der Waals surface area contributed by atoms with Crippen molar-refractivity contribution in [3.8, 4) is 0 Å². The van der Waals surface area contributed by atoms with Crippen LogP contribution in [0.4, 0.5) is 0 Å². The Morgan fingerprint density at radius 1 is 1.26 bits per heavy atom. The molecule has 0 radical (unpaired) electrons. The fourth-order valence-electron chi connectivity index (χ4n) is 2.68. The van der Waals surface area contributed by atoms with Gasteiger partial charge in [-0.3, -0.25) is 4.79 Å². The number of likely N-dealkylation sites (tertiary alicyclic amines) is 1. The van der Waals surface area contributed by atoms with E-state index in [2.05, 4.69) is 29.5 Å². The fraction of sp³-hybridized carbons (Fsp3) is 0.562. The molecule has 128 valence electrons. The van der Waals surface area contributed by atoms with Crippen LogP contribution in [0, 0.1) is 9.49 Å². The lowest BCUT2D eigenvalue weighted by Crippen LogP contribution is -2.33. The molecule has 7 heteroatoms. The van der Waals surface area contributed by atoms with E-state index in [0.717, 1.165) is 40.2 Å². The van der Waals surface area contributed by atoms with Crippen LogP contribution in [0.3, 0.4) is 0 Å². The molecule has 1 fully saturated rings. The first-order valence-corrected chi connectivity index (χ1v) is 10.3. The van der Waals surface area contributed by atoms with Crippen LogP contribution in [0.25, 0.3) is 0 Å². The average molecular weight is 450 g/mol. The number of sulfonamides is 1. The second kappa shape index (κ2) is 7.48. The largest absolute Gasteiger partial charge is 0.339 e. The van der Waals surface area contributed by atoms with Gasteiger partial charge in [0.15, 0.2) is 0 Å². The maximum absolute atomic E-state index is 12.8. The summed E-state index contributed by atoms with van der Waals surface area (Å²) in [6.07, 6.45) is 3.13. The Hall–Kier alpha value is -0.670. The quantitative estimate of drug-likeness (QED) is 0.666. The highest BCUT2D eigenvalue weighted by molar-refractivity contribution is 14.1. The van der Waals surface area contributed by atoms with Crippen molar-refractivity contribution < 1.29 is 13.2 Å². The molecule has 1 saturated heterocycles. The molecule has 1 heterocycles. The highest BCUT2D eigenvalue weighted by Gasteiger charge is 2.24. The van der Waals surface area contributed by atoms with Gasteiger partial charge in [-0.2, -0.15) is 0 Å². The normalized spacial score (nSPS) is 19.7. The van der Waals surface area contributed by atoms with Crippen molar-refractivity contribution in [2.24, 2.45) is 5.92 Å². The fourth-order valence-corrected chi connectivity index (χ4v) is 4.17. The zero-order valence-corrected chi connectivity index (χ0v) is 16.7. The highest BCUT2D eigenvalue weighted by Crippen LogP contribution is 2.23. The number of carbonyl (C=O) groups is 1. The second-order valence-electron chi connectivity index (χ2n) is 6.26. The standard InChI is InChI=1S/C16H23IN2O3S/c1-12-5-4-9-19(10-8-12)16(20)14-11-13(6-7-15(14)17)23(21,22)18(2)3/h6-7,11-12H,4-5,8-10H2,1-3H3. The monoisotopic (exact) mass is 450 g/mol. The van der Waals surface area contributed by atoms with Crippen molar-refractivity contribution >= 4 is 38.5 Å². The van der Waals surface area contributed by atoms with Gasteiger partial charge in [0.25, 0.3) is 5.91 Å². The lowest BCUT2D eigenvalue weighted by molar-refractivity contribution is 0.0759. The lowest BCUT2D eigenvalue weighted by atomic mass is 10.0. The van der Waals surface area contributed by atoms with Crippen LogP contribution in [-0.2, 0) is 10.0 Å². The molecule has 1 unspecified atom stereocenters. The van der Waals surface area contributed by atoms with Crippen LogP contribution in [0.5, 0.6) is 0 Å². The molecule has 2 rings (SSSR count). The van der Waals surface area contributed by atoms with Gasteiger partial charge in [-0.1, -0.05) is 6.92 Å². The van der Waals surface area contributed by atoms with Crippen molar-refractivity contribution in [2.45, 2.75) is 31.1 Å². The van der Waals surface area contributed by atoms with Gasteiger partial charge >= 0.3 is 0 Å². The molecule has 1 aromatic rings. The van der Waals surface area contributed by atoms with Crippen molar-refractivity contribution in [3.05, 3.63) is 27.3 Å². The minimum Gasteiger partial charge on any atom is -0.339 e. The van der Waals surface area contributed by atoms with E-state index in [4.69, 9.17) is 0 Å². The number of benzene rings is 1. The second-order valence-corrected chi connectivity index (χ2v) is 9.57. The van der Waals surface area contributed by atoms with E-state index >= 15 is 0 Å². The van der Waals surface area contributed by atoms with E-state index in [1.807, 2.05) is 4.90 Å². The Kier molecular flexibility index (Phi) is 6.07. The van der Waals surface area contributed by atoms with Crippen molar-refractivity contribution in [2.75, 3.05) is 27.2 Å². The van der Waals surface area contributed by atoms with Gasteiger partial charge in [-0.25, -0.2) is 12.7 Å². The van der Waals surface area contributed by atoms with E-state index in [0.29, 0.717) is 11.5 Å². The molecule has 0 bridgehead atoms. The van der Waals surface area contributed by atoms with Gasteiger partial charge in [0, 0.05) is 30.8 Å². The summed E-state index contributed by atoms with van der Waals surface area (Å²) in [4.78, 5) is 14.9. The van der Waals surface area contributed by atoms with Crippen molar-refractivity contribution in [3.63, 3.8) is 0 Å². The Balaban J connectivity index is 2.33. The molecule has 0 N–H and O–H groups in total.